The molecule has 0 aliphatic rings. The maximum Gasteiger partial charge on any atom is 0.149 e. The van der Waals surface area contributed by atoms with Crippen LogP contribution in [0.2, 0.25) is 0 Å². The van der Waals surface area contributed by atoms with Crippen molar-refractivity contribution < 1.29 is 8.78 Å². The second-order valence-corrected chi connectivity index (χ2v) is 4.25. The van der Waals surface area contributed by atoms with Crippen molar-refractivity contribution in [3.63, 3.8) is 0 Å². The number of halogens is 3. The predicted octanol–water partition coefficient (Wildman–Crippen LogP) is 3.83. The van der Waals surface area contributed by atoms with E-state index in [0.29, 0.717) is 0 Å². The topological polar surface area (TPSA) is 24.9 Å². The minimum Gasteiger partial charge on any atom is -0.388 e. The number of nitrogens with one attached hydrogen (secondary N) is 1. The van der Waals surface area contributed by atoms with Crippen LogP contribution in [0.3, 0.4) is 0 Å². The lowest BCUT2D eigenvalue weighted by molar-refractivity contribution is 0.584. The first kappa shape index (κ1) is 12.0. The molecule has 2 aromatic rings. The third kappa shape index (κ3) is 2.29. The highest BCUT2D eigenvalue weighted by Gasteiger charge is 2.15. The number of nitrogens with zero attached hydrogens (tertiary/aromatic N) is 1. The highest BCUT2D eigenvalue weighted by Crippen LogP contribution is 2.30. The Labute approximate surface area is 106 Å². The van der Waals surface area contributed by atoms with E-state index in [-0.39, 0.29) is 15.7 Å². The fraction of sp³-hybridized carbons (Fsp3) is 0.0833. The number of hydrogen-bond acceptors (Lipinski definition) is 2. The molecule has 2 nitrogen and oxygen atoms in total. The third-order valence-corrected chi connectivity index (χ3v) is 2.96. The molecule has 0 unspecified atom stereocenters. The Morgan fingerprint density at radius 1 is 1.24 bits per heavy atom. The molecule has 1 aromatic carbocycles. The van der Waals surface area contributed by atoms with Crippen molar-refractivity contribution in [2.24, 2.45) is 0 Å². The number of anilines is 1. The molecule has 0 spiro atoms. The van der Waals surface area contributed by atoms with E-state index in [1.165, 1.54) is 18.3 Å². The Kier molecular flexibility index (Phi) is 3.38. The average Bonchev–Trinajstić information content (AvgIpc) is 2.35. The van der Waals surface area contributed by atoms with Gasteiger partial charge in [0.05, 0.1) is 15.7 Å². The molecule has 0 radical (unpaired) electrons. The van der Waals surface area contributed by atoms with Crippen LogP contribution < -0.4 is 5.32 Å². The van der Waals surface area contributed by atoms with Crippen LogP contribution in [0.25, 0.3) is 11.3 Å². The van der Waals surface area contributed by atoms with Gasteiger partial charge in [-0.2, -0.15) is 0 Å². The first-order chi connectivity index (χ1) is 8.13. The van der Waals surface area contributed by atoms with Gasteiger partial charge in [-0.15, -0.1) is 0 Å². The Bertz CT molecular complexity index is 558. The molecule has 0 saturated carbocycles. The van der Waals surface area contributed by atoms with Crippen LogP contribution in [0.15, 0.2) is 34.9 Å². The molecule has 2 rings (SSSR count). The predicted molar refractivity (Wildman–Crippen MR) is 66.8 cm³/mol. The van der Waals surface area contributed by atoms with E-state index in [4.69, 9.17) is 0 Å². The maximum absolute atomic E-state index is 13.8. The van der Waals surface area contributed by atoms with Crippen LogP contribution in [0.4, 0.5) is 14.5 Å². The summed E-state index contributed by atoms with van der Waals surface area (Å²) in [4.78, 5) is 3.98. The van der Waals surface area contributed by atoms with Crippen molar-refractivity contribution >= 4 is 21.6 Å². The second-order valence-electron chi connectivity index (χ2n) is 3.40. The zero-order valence-electron chi connectivity index (χ0n) is 8.97. The lowest BCUT2D eigenvalue weighted by Crippen LogP contribution is -1.95. The zero-order valence-corrected chi connectivity index (χ0v) is 10.6. The maximum atomic E-state index is 13.8. The molecule has 0 fully saturated rings. The van der Waals surface area contributed by atoms with Gasteiger partial charge in [-0.05, 0) is 40.2 Å². The van der Waals surface area contributed by atoms with Crippen LogP contribution in [-0.4, -0.2) is 12.0 Å². The summed E-state index contributed by atoms with van der Waals surface area (Å²) in [5, 5.41) is 2.89. The molecule has 1 aromatic heterocycles. The zero-order chi connectivity index (χ0) is 12.4. The van der Waals surface area contributed by atoms with Gasteiger partial charge in [-0.1, -0.05) is 0 Å². The Balaban J connectivity index is 2.63. The molecular weight excluding hydrogens is 290 g/mol. The normalized spacial score (nSPS) is 10.4. The quantitative estimate of drug-likeness (QED) is 0.852. The van der Waals surface area contributed by atoms with Gasteiger partial charge >= 0.3 is 0 Å². The first-order valence-corrected chi connectivity index (χ1v) is 5.70. The molecule has 5 heteroatoms. The smallest absolute Gasteiger partial charge is 0.149 e. The van der Waals surface area contributed by atoms with Crippen molar-refractivity contribution in [3.05, 3.63) is 46.6 Å². The Hall–Kier alpha value is -1.49. The number of benzene rings is 1. The monoisotopic (exact) mass is 298 g/mol. The molecule has 1 heterocycles. The highest BCUT2D eigenvalue weighted by atomic mass is 79.9. The van der Waals surface area contributed by atoms with Crippen LogP contribution in [0.1, 0.15) is 0 Å². The van der Waals surface area contributed by atoms with Crippen molar-refractivity contribution in [3.8, 4) is 11.3 Å². The highest BCUT2D eigenvalue weighted by molar-refractivity contribution is 9.10. The molecule has 0 amide bonds. The summed E-state index contributed by atoms with van der Waals surface area (Å²) in [5.74, 6) is -1.28. The number of pyridine rings is 1. The second kappa shape index (κ2) is 4.79. The SMILES string of the molecule is CNc1ccnc(-c2c(F)ccc(Br)c2F)c1. The van der Waals surface area contributed by atoms with E-state index in [0.717, 1.165) is 5.69 Å². The Morgan fingerprint density at radius 2 is 2.00 bits per heavy atom. The minimum absolute atomic E-state index is 0.128. The summed E-state index contributed by atoms with van der Waals surface area (Å²) in [6.07, 6.45) is 1.50. The van der Waals surface area contributed by atoms with Crippen LogP contribution >= 0.6 is 15.9 Å². The minimum atomic E-state index is -0.647. The summed E-state index contributed by atoms with van der Waals surface area (Å²) in [5.41, 5.74) is 0.874. The Morgan fingerprint density at radius 3 is 2.71 bits per heavy atom. The van der Waals surface area contributed by atoms with Gasteiger partial charge in [0.2, 0.25) is 0 Å². The van der Waals surface area contributed by atoms with Crippen molar-refractivity contribution in [2.45, 2.75) is 0 Å². The average molecular weight is 299 g/mol. The summed E-state index contributed by atoms with van der Waals surface area (Å²) >= 11 is 3.03. The molecule has 0 bridgehead atoms. The van der Waals surface area contributed by atoms with E-state index >= 15 is 0 Å². The summed E-state index contributed by atoms with van der Waals surface area (Å²) in [6.45, 7) is 0. The molecule has 0 saturated heterocycles. The first-order valence-electron chi connectivity index (χ1n) is 4.91. The molecule has 1 N–H and O–H groups in total. The number of aromatic nitrogens is 1. The fourth-order valence-corrected chi connectivity index (χ4v) is 1.82. The fourth-order valence-electron chi connectivity index (χ4n) is 1.48. The van der Waals surface area contributed by atoms with E-state index < -0.39 is 11.6 Å². The van der Waals surface area contributed by atoms with Gasteiger partial charge in [-0.3, -0.25) is 4.98 Å². The van der Waals surface area contributed by atoms with Crippen LogP contribution in [-0.2, 0) is 0 Å². The summed E-state index contributed by atoms with van der Waals surface area (Å²) < 4.78 is 27.7. The van der Waals surface area contributed by atoms with Crippen LogP contribution in [0, 0.1) is 11.6 Å². The summed E-state index contributed by atoms with van der Waals surface area (Å²) in [6, 6.07) is 5.84. The standard InChI is InChI=1S/C12H9BrF2N2/c1-16-7-4-5-17-10(6-7)11-9(14)3-2-8(13)12(11)15/h2-6H,1H3,(H,16,17). The molecule has 17 heavy (non-hydrogen) atoms. The van der Waals surface area contributed by atoms with Crippen molar-refractivity contribution in [1.29, 1.82) is 0 Å². The van der Waals surface area contributed by atoms with E-state index in [1.807, 2.05) is 0 Å². The van der Waals surface area contributed by atoms with Crippen molar-refractivity contribution in [2.75, 3.05) is 12.4 Å². The lowest BCUT2D eigenvalue weighted by Gasteiger charge is -2.07. The molecule has 0 aliphatic carbocycles. The third-order valence-electron chi connectivity index (χ3n) is 2.35. The molecule has 0 aliphatic heterocycles. The molecular formula is C12H9BrF2N2. The van der Waals surface area contributed by atoms with Gasteiger partial charge in [0.1, 0.15) is 11.6 Å². The van der Waals surface area contributed by atoms with Crippen molar-refractivity contribution in [1.82, 2.24) is 4.98 Å². The van der Waals surface area contributed by atoms with Gasteiger partial charge < -0.3 is 5.32 Å². The number of hydrogen-bond donors (Lipinski definition) is 1. The largest absolute Gasteiger partial charge is 0.388 e. The summed E-state index contributed by atoms with van der Waals surface area (Å²) in [7, 11) is 1.73. The lowest BCUT2D eigenvalue weighted by atomic mass is 10.1. The van der Waals surface area contributed by atoms with Gasteiger partial charge in [0.15, 0.2) is 0 Å². The van der Waals surface area contributed by atoms with E-state index in [2.05, 4.69) is 26.2 Å². The van der Waals surface area contributed by atoms with Gasteiger partial charge in [0.25, 0.3) is 0 Å². The molecule has 88 valence electrons. The van der Waals surface area contributed by atoms with E-state index in [1.54, 1.807) is 19.2 Å². The van der Waals surface area contributed by atoms with Crippen LogP contribution in [0.5, 0.6) is 0 Å². The van der Waals surface area contributed by atoms with Gasteiger partial charge in [-0.25, -0.2) is 8.78 Å². The van der Waals surface area contributed by atoms with E-state index in [9.17, 15) is 8.78 Å². The molecule has 0 atom stereocenters. The number of rotatable bonds is 2. The van der Waals surface area contributed by atoms with Gasteiger partial charge in [0, 0.05) is 18.9 Å².